The molecule has 0 N–H and O–H groups in total. The molecule has 5 aromatic rings. The number of ether oxygens (including phenoxy) is 2. The summed E-state index contributed by atoms with van der Waals surface area (Å²) in [4.78, 5) is 13.0. The zero-order valence-corrected chi connectivity index (χ0v) is 18.3. The van der Waals surface area contributed by atoms with E-state index in [1.807, 2.05) is 24.3 Å². The summed E-state index contributed by atoms with van der Waals surface area (Å²) in [5, 5.41) is 8.41. The van der Waals surface area contributed by atoms with Crippen LogP contribution in [-0.4, -0.2) is 37.1 Å². The van der Waals surface area contributed by atoms with E-state index in [1.165, 1.54) is 24.5 Å². The summed E-state index contributed by atoms with van der Waals surface area (Å²) in [6.07, 6.45) is 0.0850. The lowest BCUT2D eigenvalue weighted by Gasteiger charge is -2.10. The lowest BCUT2D eigenvalue weighted by molar-refractivity contribution is -0.137. The van der Waals surface area contributed by atoms with Gasteiger partial charge in [-0.2, -0.15) is 13.2 Å². The smallest absolute Gasteiger partial charge is 0.416 e. The molecule has 0 aliphatic rings. The van der Waals surface area contributed by atoms with Crippen molar-refractivity contribution in [1.29, 1.82) is 0 Å². The highest BCUT2D eigenvalue weighted by atomic mass is 19.4. The number of halogens is 3. The lowest BCUT2D eigenvalue weighted by Crippen LogP contribution is -2.04. The molecule has 0 saturated carbocycles. The highest BCUT2D eigenvalue weighted by Crippen LogP contribution is 2.33. The van der Waals surface area contributed by atoms with Crippen LogP contribution in [0.4, 0.5) is 13.2 Å². The van der Waals surface area contributed by atoms with Crippen molar-refractivity contribution >= 4 is 11.2 Å². The van der Waals surface area contributed by atoms with Crippen molar-refractivity contribution in [2.45, 2.75) is 12.7 Å². The molecule has 0 aliphatic carbocycles. The van der Waals surface area contributed by atoms with Gasteiger partial charge in [-0.05, 0) is 48.0 Å². The average Bonchev–Trinajstić information content (AvgIpc) is 3.26. The normalized spacial score (nSPS) is 11.5. The van der Waals surface area contributed by atoms with Gasteiger partial charge in [0.05, 0.1) is 19.2 Å². The molecule has 3 aromatic heterocycles. The standard InChI is InChI=1S/C24H17F3N6O2/c1-34-18-6-2-15(3-7-18)14-33-22-20(31-32-33)12-16(13-30-22)21-23(29-11-10-28-21)35-19-8-4-17(5-9-19)24(25,26)27/h2-13H,14H2,1H3. The Kier molecular flexibility index (Phi) is 5.73. The van der Waals surface area contributed by atoms with Gasteiger partial charge in [-0.25, -0.2) is 19.6 Å². The molecular weight excluding hydrogens is 461 g/mol. The van der Waals surface area contributed by atoms with Gasteiger partial charge in [-0.1, -0.05) is 17.3 Å². The summed E-state index contributed by atoms with van der Waals surface area (Å²) in [5.41, 5.74) is 2.30. The van der Waals surface area contributed by atoms with Crippen LogP contribution in [0.1, 0.15) is 11.1 Å². The van der Waals surface area contributed by atoms with Crippen molar-refractivity contribution in [3.8, 4) is 28.6 Å². The van der Waals surface area contributed by atoms with E-state index in [9.17, 15) is 13.2 Å². The van der Waals surface area contributed by atoms with Crippen molar-refractivity contribution in [2.24, 2.45) is 0 Å². The fraction of sp³-hybridized carbons (Fsp3) is 0.125. The Morgan fingerprint density at radius 2 is 1.60 bits per heavy atom. The zero-order chi connectivity index (χ0) is 24.4. The first-order valence-corrected chi connectivity index (χ1v) is 10.4. The van der Waals surface area contributed by atoms with E-state index in [4.69, 9.17) is 9.47 Å². The quantitative estimate of drug-likeness (QED) is 0.333. The van der Waals surface area contributed by atoms with Crippen LogP contribution in [0.15, 0.2) is 73.2 Å². The molecule has 0 bridgehead atoms. The van der Waals surface area contributed by atoms with Gasteiger partial charge >= 0.3 is 6.18 Å². The predicted molar refractivity (Wildman–Crippen MR) is 120 cm³/mol. The molecule has 0 spiro atoms. The number of hydrogen-bond acceptors (Lipinski definition) is 7. The second-order valence-corrected chi connectivity index (χ2v) is 7.50. The van der Waals surface area contributed by atoms with Crippen molar-refractivity contribution in [3.05, 3.63) is 84.3 Å². The number of alkyl halides is 3. The number of nitrogens with zero attached hydrogens (tertiary/aromatic N) is 6. The maximum atomic E-state index is 12.8. The second kappa shape index (κ2) is 9.01. The van der Waals surface area contributed by atoms with E-state index >= 15 is 0 Å². The minimum Gasteiger partial charge on any atom is -0.497 e. The van der Waals surface area contributed by atoms with Crippen LogP contribution in [0.25, 0.3) is 22.4 Å². The Morgan fingerprint density at radius 3 is 2.31 bits per heavy atom. The van der Waals surface area contributed by atoms with E-state index in [2.05, 4.69) is 25.3 Å². The van der Waals surface area contributed by atoms with Crippen LogP contribution < -0.4 is 9.47 Å². The van der Waals surface area contributed by atoms with Crippen molar-refractivity contribution in [3.63, 3.8) is 0 Å². The zero-order valence-electron chi connectivity index (χ0n) is 18.3. The average molecular weight is 478 g/mol. The lowest BCUT2D eigenvalue weighted by atomic mass is 10.2. The molecular formula is C24H17F3N6O2. The van der Waals surface area contributed by atoms with Gasteiger partial charge in [-0.3, -0.25) is 0 Å². The van der Waals surface area contributed by atoms with E-state index in [0.717, 1.165) is 23.4 Å². The maximum absolute atomic E-state index is 12.8. The molecule has 0 radical (unpaired) electrons. The van der Waals surface area contributed by atoms with Crippen LogP contribution >= 0.6 is 0 Å². The third kappa shape index (κ3) is 4.74. The number of rotatable bonds is 6. The summed E-state index contributed by atoms with van der Waals surface area (Å²) in [6.45, 7) is 0.472. The van der Waals surface area contributed by atoms with Crippen molar-refractivity contribution < 1.29 is 22.6 Å². The third-order valence-electron chi connectivity index (χ3n) is 5.18. The Balaban J connectivity index is 1.41. The van der Waals surface area contributed by atoms with Crippen LogP contribution in [0.5, 0.6) is 17.4 Å². The highest BCUT2D eigenvalue weighted by molar-refractivity contribution is 5.77. The molecule has 0 atom stereocenters. The highest BCUT2D eigenvalue weighted by Gasteiger charge is 2.30. The molecule has 11 heteroatoms. The molecule has 0 unspecified atom stereocenters. The van der Waals surface area contributed by atoms with Gasteiger partial charge in [0.2, 0.25) is 5.88 Å². The Morgan fingerprint density at radius 1 is 0.886 bits per heavy atom. The largest absolute Gasteiger partial charge is 0.497 e. The minimum atomic E-state index is -4.43. The number of methoxy groups -OCH3 is 1. The number of fused-ring (bicyclic) bond motifs is 1. The fourth-order valence-corrected chi connectivity index (χ4v) is 3.42. The molecule has 176 valence electrons. The first-order chi connectivity index (χ1) is 16.9. The van der Waals surface area contributed by atoms with Gasteiger partial charge in [0.15, 0.2) is 5.65 Å². The molecule has 0 saturated heterocycles. The number of hydrogen-bond donors (Lipinski definition) is 0. The summed E-state index contributed by atoms with van der Waals surface area (Å²) < 4.78 is 51.1. The Bertz CT molecular complexity index is 1470. The number of benzene rings is 2. The van der Waals surface area contributed by atoms with E-state index in [-0.39, 0.29) is 11.6 Å². The fourth-order valence-electron chi connectivity index (χ4n) is 3.42. The summed E-state index contributed by atoms with van der Waals surface area (Å²) in [6, 6.07) is 13.7. The molecule has 3 heterocycles. The van der Waals surface area contributed by atoms with E-state index in [0.29, 0.717) is 29.0 Å². The first kappa shape index (κ1) is 22.3. The predicted octanol–water partition coefficient (Wildman–Crippen LogP) is 5.15. The van der Waals surface area contributed by atoms with E-state index in [1.54, 1.807) is 24.1 Å². The minimum absolute atomic E-state index is 0.124. The van der Waals surface area contributed by atoms with Gasteiger partial charge in [-0.15, -0.1) is 5.10 Å². The monoisotopic (exact) mass is 478 g/mol. The van der Waals surface area contributed by atoms with Crippen LogP contribution in [-0.2, 0) is 12.7 Å². The van der Waals surface area contributed by atoms with Gasteiger partial charge in [0.25, 0.3) is 0 Å². The molecule has 8 nitrogen and oxygen atoms in total. The van der Waals surface area contributed by atoms with Crippen LogP contribution in [0, 0.1) is 0 Å². The van der Waals surface area contributed by atoms with Crippen molar-refractivity contribution in [2.75, 3.05) is 7.11 Å². The van der Waals surface area contributed by atoms with Crippen molar-refractivity contribution in [1.82, 2.24) is 29.9 Å². The van der Waals surface area contributed by atoms with Crippen LogP contribution in [0.3, 0.4) is 0 Å². The number of pyridine rings is 1. The summed E-state index contributed by atoms with van der Waals surface area (Å²) in [5.74, 6) is 1.08. The van der Waals surface area contributed by atoms with Gasteiger partial charge < -0.3 is 9.47 Å². The second-order valence-electron chi connectivity index (χ2n) is 7.50. The molecule has 35 heavy (non-hydrogen) atoms. The third-order valence-corrected chi connectivity index (χ3v) is 5.18. The summed E-state index contributed by atoms with van der Waals surface area (Å²) in [7, 11) is 1.61. The first-order valence-electron chi connectivity index (χ1n) is 10.4. The SMILES string of the molecule is COc1ccc(Cn2nnc3cc(-c4nccnc4Oc4ccc(C(F)(F)F)cc4)cnc32)cc1. The molecule has 2 aromatic carbocycles. The molecule has 0 aliphatic heterocycles. The molecule has 5 rings (SSSR count). The molecule has 0 amide bonds. The topological polar surface area (TPSA) is 87.8 Å². The Hall–Kier alpha value is -4.54. The molecule has 0 fully saturated rings. The van der Waals surface area contributed by atoms with Gasteiger partial charge in [0.1, 0.15) is 22.7 Å². The van der Waals surface area contributed by atoms with Gasteiger partial charge in [0, 0.05) is 24.2 Å². The van der Waals surface area contributed by atoms with E-state index < -0.39 is 11.7 Å². The van der Waals surface area contributed by atoms with Crippen LogP contribution in [0.2, 0.25) is 0 Å². The number of aromatic nitrogens is 6. The Labute approximate surface area is 197 Å². The maximum Gasteiger partial charge on any atom is 0.416 e. The summed E-state index contributed by atoms with van der Waals surface area (Å²) >= 11 is 0.